The number of para-hydroxylation sites is 1. The maximum absolute atomic E-state index is 13.0. The fourth-order valence-corrected chi connectivity index (χ4v) is 4.31. The first-order chi connectivity index (χ1) is 14.1. The van der Waals surface area contributed by atoms with Gasteiger partial charge in [-0.05, 0) is 63.3 Å². The van der Waals surface area contributed by atoms with Gasteiger partial charge in [-0.2, -0.15) is 0 Å². The molecule has 29 heavy (non-hydrogen) atoms. The van der Waals surface area contributed by atoms with Gasteiger partial charge in [-0.1, -0.05) is 42.3 Å². The van der Waals surface area contributed by atoms with E-state index in [0.717, 1.165) is 47.8 Å². The average molecular weight is 389 g/mol. The summed E-state index contributed by atoms with van der Waals surface area (Å²) in [6.45, 7) is 4.48. The molecule has 0 spiro atoms. The van der Waals surface area contributed by atoms with Crippen LogP contribution in [0.2, 0.25) is 0 Å². The topological polar surface area (TPSA) is 51.2 Å². The van der Waals surface area contributed by atoms with Gasteiger partial charge in [-0.25, -0.2) is 0 Å². The SMILES string of the molecule is CCOc1ccc(C)cc1C(=O)N[C@@H]1CCC[C@H]1Cc1ccc2ccccc2n1. The van der Waals surface area contributed by atoms with Crippen LogP contribution < -0.4 is 10.1 Å². The zero-order chi connectivity index (χ0) is 20.2. The Morgan fingerprint density at radius 1 is 1.14 bits per heavy atom. The minimum atomic E-state index is -0.0412. The van der Waals surface area contributed by atoms with Gasteiger partial charge in [0.15, 0.2) is 0 Å². The van der Waals surface area contributed by atoms with E-state index < -0.39 is 0 Å². The van der Waals surface area contributed by atoms with Crippen molar-refractivity contribution in [3.8, 4) is 5.75 Å². The van der Waals surface area contributed by atoms with Crippen molar-refractivity contribution in [3.63, 3.8) is 0 Å². The van der Waals surface area contributed by atoms with Crippen LogP contribution >= 0.6 is 0 Å². The lowest BCUT2D eigenvalue weighted by molar-refractivity contribution is 0.0923. The first-order valence-electron chi connectivity index (χ1n) is 10.5. The van der Waals surface area contributed by atoms with E-state index in [4.69, 9.17) is 9.72 Å². The third-order valence-electron chi connectivity index (χ3n) is 5.78. The molecule has 1 aromatic heterocycles. The van der Waals surface area contributed by atoms with Gasteiger partial charge in [0.25, 0.3) is 5.91 Å². The highest BCUT2D eigenvalue weighted by atomic mass is 16.5. The Kier molecular flexibility index (Phi) is 5.79. The highest BCUT2D eigenvalue weighted by Crippen LogP contribution is 2.30. The molecule has 0 radical (unpaired) electrons. The highest BCUT2D eigenvalue weighted by Gasteiger charge is 2.30. The van der Waals surface area contributed by atoms with Gasteiger partial charge in [0.2, 0.25) is 0 Å². The number of benzene rings is 2. The van der Waals surface area contributed by atoms with Crippen LogP contribution in [-0.2, 0) is 6.42 Å². The lowest BCUT2D eigenvalue weighted by Crippen LogP contribution is -2.38. The number of hydrogen-bond donors (Lipinski definition) is 1. The summed E-state index contributed by atoms with van der Waals surface area (Å²) in [5.74, 6) is 1.02. The molecule has 1 fully saturated rings. The fourth-order valence-electron chi connectivity index (χ4n) is 4.31. The first-order valence-corrected chi connectivity index (χ1v) is 10.5. The summed E-state index contributed by atoms with van der Waals surface area (Å²) in [6.07, 6.45) is 4.16. The summed E-state index contributed by atoms with van der Waals surface area (Å²) in [7, 11) is 0. The number of rotatable bonds is 6. The Morgan fingerprint density at radius 2 is 2.00 bits per heavy atom. The molecule has 1 heterocycles. The molecular weight excluding hydrogens is 360 g/mol. The normalized spacial score (nSPS) is 18.7. The lowest BCUT2D eigenvalue weighted by Gasteiger charge is -2.22. The van der Waals surface area contributed by atoms with E-state index in [1.54, 1.807) is 0 Å². The first kappa shape index (κ1) is 19.4. The predicted octanol–water partition coefficient (Wildman–Crippen LogP) is 5.08. The van der Waals surface area contributed by atoms with Gasteiger partial charge in [0.05, 0.1) is 17.7 Å². The molecule has 4 rings (SSSR count). The van der Waals surface area contributed by atoms with Crippen LogP contribution in [0.4, 0.5) is 0 Å². The summed E-state index contributed by atoms with van der Waals surface area (Å²) in [6, 6.07) is 18.4. The van der Waals surface area contributed by atoms with Gasteiger partial charge in [-0.15, -0.1) is 0 Å². The van der Waals surface area contributed by atoms with Crippen molar-refractivity contribution in [1.82, 2.24) is 10.3 Å². The Labute approximate surface area is 172 Å². The standard InChI is InChI=1S/C25H28N2O2/c1-3-29-24-14-11-17(2)15-21(24)25(28)27-23-10-6-8-19(23)16-20-13-12-18-7-4-5-9-22(18)26-20/h4-5,7,9,11-15,19,23H,3,6,8,10,16H2,1-2H3,(H,27,28)/t19-,23+/m0/s1. The summed E-state index contributed by atoms with van der Waals surface area (Å²) in [4.78, 5) is 17.8. The van der Waals surface area contributed by atoms with E-state index in [0.29, 0.717) is 23.8 Å². The lowest BCUT2D eigenvalue weighted by atomic mass is 9.96. The number of nitrogens with one attached hydrogen (secondary N) is 1. The molecule has 1 aliphatic rings. The second kappa shape index (κ2) is 8.64. The summed E-state index contributed by atoms with van der Waals surface area (Å²) in [5.41, 5.74) is 3.81. The minimum Gasteiger partial charge on any atom is -0.493 e. The van der Waals surface area contributed by atoms with Crippen molar-refractivity contribution < 1.29 is 9.53 Å². The summed E-state index contributed by atoms with van der Waals surface area (Å²) < 4.78 is 5.67. The van der Waals surface area contributed by atoms with Crippen molar-refractivity contribution in [2.75, 3.05) is 6.61 Å². The number of nitrogens with zero attached hydrogens (tertiary/aromatic N) is 1. The van der Waals surface area contributed by atoms with Crippen LogP contribution in [0.25, 0.3) is 10.9 Å². The second-order valence-corrected chi connectivity index (χ2v) is 7.90. The number of aryl methyl sites for hydroxylation is 1. The van der Waals surface area contributed by atoms with E-state index >= 15 is 0 Å². The molecule has 0 bridgehead atoms. The van der Waals surface area contributed by atoms with E-state index in [-0.39, 0.29) is 11.9 Å². The summed E-state index contributed by atoms with van der Waals surface area (Å²) >= 11 is 0. The van der Waals surface area contributed by atoms with Crippen LogP contribution in [0.3, 0.4) is 0 Å². The zero-order valence-electron chi connectivity index (χ0n) is 17.2. The largest absolute Gasteiger partial charge is 0.493 e. The minimum absolute atomic E-state index is 0.0412. The predicted molar refractivity (Wildman–Crippen MR) is 116 cm³/mol. The molecule has 0 unspecified atom stereocenters. The second-order valence-electron chi connectivity index (χ2n) is 7.90. The molecule has 4 heteroatoms. The number of aromatic nitrogens is 1. The third kappa shape index (κ3) is 4.42. The Bertz CT molecular complexity index is 1010. The third-order valence-corrected chi connectivity index (χ3v) is 5.78. The molecular formula is C25H28N2O2. The van der Waals surface area contributed by atoms with Gasteiger partial charge in [0.1, 0.15) is 5.75 Å². The molecule has 150 valence electrons. The van der Waals surface area contributed by atoms with Crippen molar-refractivity contribution in [1.29, 1.82) is 0 Å². The Hall–Kier alpha value is -2.88. The molecule has 2 atom stereocenters. The van der Waals surface area contributed by atoms with E-state index in [1.807, 2.05) is 44.2 Å². The monoisotopic (exact) mass is 388 g/mol. The molecule has 1 amide bonds. The number of carbonyl (C=O) groups excluding carboxylic acids is 1. The van der Waals surface area contributed by atoms with Crippen molar-refractivity contribution in [2.24, 2.45) is 5.92 Å². The van der Waals surface area contributed by atoms with Crippen molar-refractivity contribution >= 4 is 16.8 Å². The number of fused-ring (bicyclic) bond motifs is 1. The van der Waals surface area contributed by atoms with Gasteiger partial charge in [-0.3, -0.25) is 9.78 Å². The van der Waals surface area contributed by atoms with Crippen molar-refractivity contribution in [3.05, 3.63) is 71.4 Å². The van der Waals surface area contributed by atoms with Gasteiger partial charge < -0.3 is 10.1 Å². The molecule has 3 aromatic rings. The van der Waals surface area contributed by atoms with E-state index in [9.17, 15) is 4.79 Å². The summed E-state index contributed by atoms with van der Waals surface area (Å²) in [5, 5.41) is 4.44. The molecule has 1 aliphatic carbocycles. The quantitative estimate of drug-likeness (QED) is 0.640. The van der Waals surface area contributed by atoms with Crippen LogP contribution in [-0.4, -0.2) is 23.5 Å². The number of amides is 1. The molecule has 2 aromatic carbocycles. The molecule has 0 saturated heterocycles. The number of ether oxygens (including phenoxy) is 1. The van der Waals surface area contributed by atoms with E-state index in [2.05, 4.69) is 29.6 Å². The molecule has 4 nitrogen and oxygen atoms in total. The van der Waals surface area contributed by atoms with Crippen LogP contribution in [0.15, 0.2) is 54.6 Å². The number of pyridine rings is 1. The number of carbonyl (C=O) groups is 1. The van der Waals surface area contributed by atoms with Gasteiger partial charge in [0, 0.05) is 17.1 Å². The fraction of sp³-hybridized carbons (Fsp3) is 0.360. The van der Waals surface area contributed by atoms with E-state index in [1.165, 1.54) is 0 Å². The molecule has 1 N–H and O–H groups in total. The Morgan fingerprint density at radius 3 is 2.86 bits per heavy atom. The molecule has 0 aliphatic heterocycles. The maximum atomic E-state index is 13.0. The molecule has 1 saturated carbocycles. The van der Waals surface area contributed by atoms with Crippen LogP contribution in [0.5, 0.6) is 5.75 Å². The van der Waals surface area contributed by atoms with Crippen LogP contribution in [0.1, 0.15) is 47.8 Å². The number of hydrogen-bond acceptors (Lipinski definition) is 3. The smallest absolute Gasteiger partial charge is 0.255 e. The van der Waals surface area contributed by atoms with Crippen molar-refractivity contribution in [2.45, 2.75) is 45.6 Å². The Balaban J connectivity index is 1.48. The maximum Gasteiger partial charge on any atom is 0.255 e. The van der Waals surface area contributed by atoms with Crippen LogP contribution in [0, 0.1) is 12.8 Å². The zero-order valence-corrected chi connectivity index (χ0v) is 17.2. The van der Waals surface area contributed by atoms with Gasteiger partial charge >= 0.3 is 0 Å². The average Bonchev–Trinajstić information content (AvgIpc) is 3.16. The highest BCUT2D eigenvalue weighted by molar-refractivity contribution is 5.97.